The summed E-state index contributed by atoms with van der Waals surface area (Å²) >= 11 is 0. The molecule has 0 N–H and O–H groups in total. The van der Waals surface area contributed by atoms with Crippen LogP contribution >= 0.6 is 0 Å². The summed E-state index contributed by atoms with van der Waals surface area (Å²) in [6.45, 7) is 0.152. The molecule has 3 nitrogen and oxygen atoms in total. The second kappa shape index (κ2) is 6.26. The molecule has 0 saturated heterocycles. The van der Waals surface area contributed by atoms with Gasteiger partial charge < -0.3 is 0 Å². The normalized spacial score (nSPS) is 14.5. The summed E-state index contributed by atoms with van der Waals surface area (Å²) < 4.78 is 40.0. The first-order chi connectivity index (χ1) is 11.0. The lowest BCUT2D eigenvalue weighted by molar-refractivity contribution is 0.470. The van der Waals surface area contributed by atoms with Gasteiger partial charge in [-0.2, -0.15) is 4.31 Å². The van der Waals surface area contributed by atoms with Crippen LogP contribution in [0.1, 0.15) is 23.1 Å². The Balaban J connectivity index is 1.85. The maximum atomic E-state index is 13.3. The van der Waals surface area contributed by atoms with Crippen molar-refractivity contribution in [3.05, 3.63) is 75.9 Å². The lowest BCUT2D eigenvalue weighted by Gasteiger charge is -2.22. The second-order valence-electron chi connectivity index (χ2n) is 5.70. The number of sulfonamides is 1. The molecule has 2 aromatic rings. The average Bonchev–Trinajstić information content (AvgIpc) is 2.54. The van der Waals surface area contributed by atoms with E-state index in [9.17, 15) is 12.8 Å². The van der Waals surface area contributed by atoms with E-state index in [1.54, 1.807) is 18.2 Å². The van der Waals surface area contributed by atoms with Gasteiger partial charge >= 0.3 is 0 Å². The molecule has 120 valence electrons. The number of halogens is 1. The molecule has 0 radical (unpaired) electrons. The molecule has 0 unspecified atom stereocenters. The molecule has 0 aromatic heterocycles. The van der Waals surface area contributed by atoms with E-state index in [1.165, 1.54) is 29.0 Å². The number of aryl methyl sites for hydroxylation is 1. The van der Waals surface area contributed by atoms with Gasteiger partial charge in [0.25, 0.3) is 0 Å². The van der Waals surface area contributed by atoms with E-state index in [0.717, 1.165) is 12.0 Å². The number of benzene rings is 2. The van der Waals surface area contributed by atoms with E-state index in [0.29, 0.717) is 16.9 Å². The van der Waals surface area contributed by atoms with E-state index < -0.39 is 10.0 Å². The number of hydrogen-bond donors (Lipinski definition) is 0. The molecular weight excluding hydrogens is 313 g/mol. The first-order valence-electron chi connectivity index (χ1n) is 7.46. The Labute approximate surface area is 136 Å². The molecule has 0 fully saturated rings. The van der Waals surface area contributed by atoms with Gasteiger partial charge in [-0.3, -0.25) is 0 Å². The zero-order chi connectivity index (χ0) is 16.4. The minimum atomic E-state index is -3.54. The number of rotatable bonds is 4. The monoisotopic (exact) mass is 331 g/mol. The van der Waals surface area contributed by atoms with Gasteiger partial charge in [-0.25, -0.2) is 12.8 Å². The number of hydrogen-bond acceptors (Lipinski definition) is 2. The van der Waals surface area contributed by atoms with Gasteiger partial charge in [0.05, 0.1) is 4.91 Å². The van der Waals surface area contributed by atoms with E-state index >= 15 is 0 Å². The van der Waals surface area contributed by atoms with Crippen LogP contribution in [-0.2, 0) is 23.0 Å². The van der Waals surface area contributed by atoms with E-state index in [1.807, 2.05) is 24.3 Å². The lowest BCUT2D eigenvalue weighted by Crippen LogP contribution is -2.28. The highest BCUT2D eigenvalue weighted by Gasteiger charge is 2.26. The Kier molecular flexibility index (Phi) is 4.33. The molecular formula is C18H18FNO2S. The van der Waals surface area contributed by atoms with Crippen molar-refractivity contribution in [1.82, 2.24) is 4.31 Å². The Morgan fingerprint density at radius 2 is 1.87 bits per heavy atom. The highest BCUT2D eigenvalue weighted by atomic mass is 32.2. The fourth-order valence-corrected chi connectivity index (χ4v) is 4.14. The van der Waals surface area contributed by atoms with Gasteiger partial charge in [0, 0.05) is 13.6 Å². The fraction of sp³-hybridized carbons (Fsp3) is 0.222. The summed E-state index contributed by atoms with van der Waals surface area (Å²) in [5, 5.41) is 0. The molecule has 2 aromatic carbocycles. The molecule has 5 heteroatoms. The molecule has 0 bridgehead atoms. The highest BCUT2D eigenvalue weighted by Crippen LogP contribution is 2.28. The zero-order valence-electron chi connectivity index (χ0n) is 12.9. The standard InChI is InChI=1S/C18H18FNO2S/c1-20(13-14-5-4-8-17(19)11-14)23(21,22)18-10-9-15-6-2-3-7-16(15)12-18/h2-8,11-12H,9-10,13H2,1H3. The lowest BCUT2D eigenvalue weighted by atomic mass is 9.98. The molecule has 0 spiro atoms. The fourth-order valence-electron chi connectivity index (χ4n) is 2.79. The van der Waals surface area contributed by atoms with Crippen molar-refractivity contribution in [2.45, 2.75) is 19.4 Å². The summed E-state index contributed by atoms with van der Waals surface area (Å²) in [5.41, 5.74) is 2.75. The van der Waals surface area contributed by atoms with Crippen LogP contribution in [0.25, 0.3) is 6.08 Å². The van der Waals surface area contributed by atoms with Crippen molar-refractivity contribution in [2.24, 2.45) is 0 Å². The predicted octanol–water partition coefficient (Wildman–Crippen LogP) is 3.57. The molecule has 1 aliphatic carbocycles. The number of fused-ring (bicyclic) bond motifs is 1. The number of nitrogens with zero attached hydrogens (tertiary/aromatic N) is 1. The smallest absolute Gasteiger partial charge is 0.207 e. The van der Waals surface area contributed by atoms with Crippen molar-refractivity contribution in [3.8, 4) is 0 Å². The third kappa shape index (κ3) is 3.35. The Hall–Kier alpha value is -1.98. The topological polar surface area (TPSA) is 37.4 Å². The van der Waals surface area contributed by atoms with Crippen molar-refractivity contribution in [2.75, 3.05) is 7.05 Å². The molecule has 0 aliphatic heterocycles. The number of allylic oxidation sites excluding steroid dienone is 1. The van der Waals surface area contributed by atoms with E-state index in [4.69, 9.17) is 0 Å². The molecule has 1 aliphatic rings. The van der Waals surface area contributed by atoms with Crippen LogP contribution in [0.5, 0.6) is 0 Å². The van der Waals surface area contributed by atoms with Crippen LogP contribution in [0.3, 0.4) is 0 Å². The first kappa shape index (κ1) is 15.9. The second-order valence-corrected chi connectivity index (χ2v) is 7.80. The minimum Gasteiger partial charge on any atom is -0.207 e. The summed E-state index contributed by atoms with van der Waals surface area (Å²) in [6.07, 6.45) is 2.96. The van der Waals surface area contributed by atoms with E-state index in [2.05, 4.69) is 0 Å². The Morgan fingerprint density at radius 3 is 2.65 bits per heavy atom. The van der Waals surface area contributed by atoms with Crippen LogP contribution in [0.15, 0.2) is 53.4 Å². The minimum absolute atomic E-state index is 0.152. The van der Waals surface area contributed by atoms with Crippen molar-refractivity contribution < 1.29 is 12.8 Å². The van der Waals surface area contributed by atoms with E-state index in [-0.39, 0.29) is 12.4 Å². The molecule has 0 heterocycles. The summed E-state index contributed by atoms with van der Waals surface area (Å²) in [5.74, 6) is -0.362. The third-order valence-electron chi connectivity index (χ3n) is 4.05. The zero-order valence-corrected chi connectivity index (χ0v) is 13.7. The average molecular weight is 331 g/mol. The quantitative estimate of drug-likeness (QED) is 0.859. The van der Waals surface area contributed by atoms with Crippen molar-refractivity contribution in [3.63, 3.8) is 0 Å². The predicted molar refractivity (Wildman–Crippen MR) is 89.5 cm³/mol. The molecule has 0 atom stereocenters. The highest BCUT2D eigenvalue weighted by molar-refractivity contribution is 7.93. The van der Waals surface area contributed by atoms with Crippen LogP contribution < -0.4 is 0 Å². The molecule has 0 saturated carbocycles. The van der Waals surface area contributed by atoms with Crippen molar-refractivity contribution >= 4 is 16.1 Å². The van der Waals surface area contributed by atoms with Gasteiger partial charge in [0.1, 0.15) is 5.82 Å². The molecule has 3 rings (SSSR count). The first-order valence-corrected chi connectivity index (χ1v) is 8.90. The van der Waals surface area contributed by atoms with Crippen molar-refractivity contribution in [1.29, 1.82) is 0 Å². The SMILES string of the molecule is CN(Cc1cccc(F)c1)S(=O)(=O)C1=Cc2ccccc2CC1. The van der Waals surface area contributed by atoms with Gasteiger partial charge in [0.2, 0.25) is 10.0 Å². The Bertz CT molecular complexity index is 859. The molecule has 0 amide bonds. The van der Waals surface area contributed by atoms with Crippen LogP contribution in [-0.4, -0.2) is 19.8 Å². The van der Waals surface area contributed by atoms with Gasteiger partial charge in [-0.05, 0) is 47.7 Å². The van der Waals surface area contributed by atoms with Gasteiger partial charge in [-0.1, -0.05) is 36.4 Å². The third-order valence-corrected chi connectivity index (χ3v) is 5.98. The molecule has 23 heavy (non-hydrogen) atoms. The Morgan fingerprint density at radius 1 is 1.09 bits per heavy atom. The maximum Gasteiger partial charge on any atom is 0.239 e. The maximum absolute atomic E-state index is 13.3. The van der Waals surface area contributed by atoms with Crippen LogP contribution in [0, 0.1) is 5.82 Å². The van der Waals surface area contributed by atoms with Crippen LogP contribution in [0.2, 0.25) is 0 Å². The van der Waals surface area contributed by atoms with Gasteiger partial charge in [-0.15, -0.1) is 0 Å². The summed E-state index contributed by atoms with van der Waals surface area (Å²) in [4.78, 5) is 0.412. The van der Waals surface area contributed by atoms with Gasteiger partial charge in [0.15, 0.2) is 0 Å². The van der Waals surface area contributed by atoms with Crippen LogP contribution in [0.4, 0.5) is 4.39 Å². The summed E-state index contributed by atoms with van der Waals surface area (Å²) in [6, 6.07) is 13.8. The summed E-state index contributed by atoms with van der Waals surface area (Å²) in [7, 11) is -2.01. The largest absolute Gasteiger partial charge is 0.239 e.